The van der Waals surface area contributed by atoms with Crippen LogP contribution in [0.5, 0.6) is 0 Å². The average Bonchev–Trinajstić information content (AvgIpc) is 2.68. The third-order valence-electron chi connectivity index (χ3n) is 3.31. The highest BCUT2D eigenvalue weighted by Gasteiger charge is 2.32. The Morgan fingerprint density at radius 3 is 2.28 bits per heavy atom. The van der Waals surface area contributed by atoms with Crippen molar-refractivity contribution in [3.63, 3.8) is 0 Å². The summed E-state index contributed by atoms with van der Waals surface area (Å²) in [5.74, 6) is 0. The fourth-order valence-corrected chi connectivity index (χ4v) is 2.41. The van der Waals surface area contributed by atoms with E-state index in [9.17, 15) is 0 Å². The van der Waals surface area contributed by atoms with Crippen molar-refractivity contribution in [2.24, 2.45) is 5.41 Å². The predicted molar refractivity (Wildman–Crippen MR) is 71.1 cm³/mol. The van der Waals surface area contributed by atoms with Gasteiger partial charge in [-0.05, 0) is 28.5 Å². The molecule has 0 bridgehead atoms. The van der Waals surface area contributed by atoms with Crippen LogP contribution >= 0.6 is 0 Å². The molecule has 0 saturated heterocycles. The van der Waals surface area contributed by atoms with E-state index in [1.165, 1.54) is 5.57 Å². The zero-order valence-electron chi connectivity index (χ0n) is 10.6. The van der Waals surface area contributed by atoms with Crippen LogP contribution in [0.1, 0.15) is 25.8 Å². The second-order valence-corrected chi connectivity index (χ2v) is 5.11. The van der Waals surface area contributed by atoms with Crippen LogP contribution in [0.2, 0.25) is 0 Å². The van der Waals surface area contributed by atoms with Gasteiger partial charge in [0.2, 0.25) is 0 Å². The minimum Gasteiger partial charge on any atom is -0.192 e. The molecule has 2 heteroatoms. The van der Waals surface area contributed by atoms with Crippen molar-refractivity contribution >= 4 is 5.57 Å². The van der Waals surface area contributed by atoms with Gasteiger partial charge in [0.05, 0.1) is 0 Å². The van der Waals surface area contributed by atoms with Gasteiger partial charge in [-0.2, -0.15) is 10.5 Å². The Bertz CT molecular complexity index is 589. The maximum absolute atomic E-state index is 8.95. The Balaban J connectivity index is 2.55. The molecular weight excluding hydrogens is 220 g/mol. The molecule has 88 valence electrons. The molecule has 0 saturated carbocycles. The van der Waals surface area contributed by atoms with Crippen molar-refractivity contribution in [3.8, 4) is 12.1 Å². The van der Waals surface area contributed by atoms with Crippen molar-refractivity contribution in [2.45, 2.75) is 20.3 Å². The van der Waals surface area contributed by atoms with Crippen LogP contribution in [0.4, 0.5) is 0 Å². The number of hydrogen-bond acceptors (Lipinski definition) is 2. The summed E-state index contributed by atoms with van der Waals surface area (Å²) >= 11 is 0. The van der Waals surface area contributed by atoms with E-state index in [1.807, 2.05) is 36.4 Å². The normalized spacial score (nSPS) is 16.7. The van der Waals surface area contributed by atoms with E-state index in [4.69, 9.17) is 10.5 Å². The highest BCUT2D eigenvalue weighted by Crippen LogP contribution is 2.46. The molecule has 0 N–H and O–H groups in total. The van der Waals surface area contributed by atoms with E-state index in [0.717, 1.165) is 17.6 Å². The molecule has 0 heterocycles. The van der Waals surface area contributed by atoms with E-state index < -0.39 is 0 Å². The molecule has 1 aromatic carbocycles. The lowest BCUT2D eigenvalue weighted by atomic mass is 9.81. The fraction of sp³-hybridized carbons (Fsp3) is 0.250. The van der Waals surface area contributed by atoms with E-state index in [2.05, 4.69) is 26.0 Å². The number of hydrogen-bond donors (Lipinski definition) is 0. The predicted octanol–water partition coefficient (Wildman–Crippen LogP) is 3.84. The molecule has 0 fully saturated rings. The summed E-state index contributed by atoms with van der Waals surface area (Å²) in [4.78, 5) is 0. The number of allylic oxidation sites excluding steroid dienone is 4. The minimum atomic E-state index is -0.0321. The second kappa shape index (κ2) is 4.51. The first kappa shape index (κ1) is 12.1. The van der Waals surface area contributed by atoms with Gasteiger partial charge >= 0.3 is 0 Å². The zero-order chi connectivity index (χ0) is 13.2. The summed E-state index contributed by atoms with van der Waals surface area (Å²) in [5.41, 5.74) is 3.40. The standard InChI is InChI=1S/C16H14N2/c1-16(2)9-13(14(10-17)11-18)8-15(16)12-6-4-3-5-7-12/h3-8H,9H2,1-2H3. The van der Waals surface area contributed by atoms with E-state index >= 15 is 0 Å². The van der Waals surface area contributed by atoms with Gasteiger partial charge in [0.15, 0.2) is 0 Å². The quantitative estimate of drug-likeness (QED) is 0.693. The maximum Gasteiger partial charge on any atom is 0.132 e. The highest BCUT2D eigenvalue weighted by molar-refractivity contribution is 5.77. The molecule has 1 aliphatic carbocycles. The average molecular weight is 234 g/mol. The summed E-state index contributed by atoms with van der Waals surface area (Å²) in [6.07, 6.45) is 2.74. The second-order valence-electron chi connectivity index (χ2n) is 5.11. The number of nitrogens with zero attached hydrogens (tertiary/aromatic N) is 2. The molecule has 2 rings (SSSR count). The summed E-state index contributed by atoms with van der Waals surface area (Å²) in [7, 11) is 0. The molecule has 0 aromatic heterocycles. The van der Waals surface area contributed by atoms with Crippen molar-refractivity contribution < 1.29 is 0 Å². The molecule has 1 aliphatic rings. The lowest BCUT2D eigenvalue weighted by Gasteiger charge is -2.22. The fourth-order valence-electron chi connectivity index (χ4n) is 2.41. The first-order chi connectivity index (χ1) is 8.58. The van der Waals surface area contributed by atoms with Crippen molar-refractivity contribution in [1.82, 2.24) is 0 Å². The Morgan fingerprint density at radius 1 is 1.11 bits per heavy atom. The van der Waals surface area contributed by atoms with E-state index in [0.29, 0.717) is 0 Å². The van der Waals surface area contributed by atoms with Gasteiger partial charge in [0.25, 0.3) is 0 Å². The molecule has 0 spiro atoms. The van der Waals surface area contributed by atoms with Gasteiger partial charge < -0.3 is 0 Å². The molecule has 1 aromatic rings. The lowest BCUT2D eigenvalue weighted by molar-refractivity contribution is 0.518. The topological polar surface area (TPSA) is 47.6 Å². The van der Waals surface area contributed by atoms with Crippen LogP contribution in [0.3, 0.4) is 0 Å². The largest absolute Gasteiger partial charge is 0.192 e. The molecule has 0 unspecified atom stereocenters. The molecule has 2 nitrogen and oxygen atoms in total. The Morgan fingerprint density at radius 2 is 1.72 bits per heavy atom. The molecule has 0 radical (unpaired) electrons. The van der Waals surface area contributed by atoms with Gasteiger partial charge in [0, 0.05) is 0 Å². The number of benzene rings is 1. The van der Waals surface area contributed by atoms with Crippen molar-refractivity contribution in [1.29, 1.82) is 10.5 Å². The summed E-state index contributed by atoms with van der Waals surface area (Å²) in [5, 5.41) is 17.9. The zero-order valence-corrected chi connectivity index (χ0v) is 10.6. The van der Waals surface area contributed by atoms with Gasteiger partial charge in [-0.15, -0.1) is 0 Å². The highest BCUT2D eigenvalue weighted by atomic mass is 14.4. The first-order valence-electron chi connectivity index (χ1n) is 5.89. The summed E-state index contributed by atoms with van der Waals surface area (Å²) in [6.45, 7) is 4.29. The lowest BCUT2D eigenvalue weighted by Crippen LogP contribution is -2.09. The third kappa shape index (κ3) is 2.06. The molecule has 18 heavy (non-hydrogen) atoms. The maximum atomic E-state index is 8.95. The van der Waals surface area contributed by atoms with Crippen LogP contribution in [0.25, 0.3) is 5.57 Å². The number of nitriles is 2. The third-order valence-corrected chi connectivity index (χ3v) is 3.31. The minimum absolute atomic E-state index is 0.0321. The molecular formula is C16H14N2. The van der Waals surface area contributed by atoms with Gasteiger partial charge in [-0.1, -0.05) is 50.3 Å². The van der Waals surface area contributed by atoms with Crippen molar-refractivity contribution in [3.05, 3.63) is 53.1 Å². The van der Waals surface area contributed by atoms with Gasteiger partial charge in [-0.3, -0.25) is 0 Å². The van der Waals surface area contributed by atoms with E-state index in [-0.39, 0.29) is 11.0 Å². The molecule has 0 atom stereocenters. The van der Waals surface area contributed by atoms with E-state index in [1.54, 1.807) is 0 Å². The molecule has 0 aliphatic heterocycles. The first-order valence-corrected chi connectivity index (χ1v) is 5.89. The van der Waals surface area contributed by atoms with Gasteiger partial charge in [0.1, 0.15) is 17.7 Å². The number of rotatable bonds is 1. The Hall–Kier alpha value is -2.32. The van der Waals surface area contributed by atoms with Gasteiger partial charge in [-0.25, -0.2) is 0 Å². The molecule has 0 amide bonds. The van der Waals surface area contributed by atoms with Crippen LogP contribution in [0.15, 0.2) is 47.6 Å². The summed E-state index contributed by atoms with van der Waals surface area (Å²) in [6, 6.07) is 14.1. The Labute approximate surface area is 107 Å². The van der Waals surface area contributed by atoms with Crippen LogP contribution in [-0.4, -0.2) is 0 Å². The monoisotopic (exact) mass is 234 g/mol. The SMILES string of the molecule is CC1(C)CC(=C(C#N)C#N)C=C1c1ccccc1. The van der Waals surface area contributed by atoms with Crippen molar-refractivity contribution in [2.75, 3.05) is 0 Å². The van der Waals surface area contributed by atoms with Crippen LogP contribution < -0.4 is 0 Å². The van der Waals surface area contributed by atoms with Crippen LogP contribution in [-0.2, 0) is 0 Å². The summed E-state index contributed by atoms with van der Waals surface area (Å²) < 4.78 is 0. The smallest absolute Gasteiger partial charge is 0.132 e. The Kier molecular flexibility index (Phi) is 3.04. The van der Waals surface area contributed by atoms with Crippen LogP contribution in [0, 0.1) is 28.1 Å².